The summed E-state index contributed by atoms with van der Waals surface area (Å²) in [6.07, 6.45) is 1.68. The van der Waals surface area contributed by atoms with Crippen molar-refractivity contribution < 1.29 is 28.9 Å². The van der Waals surface area contributed by atoms with Crippen molar-refractivity contribution in [3.05, 3.63) is 35.4 Å². The predicted octanol–water partition coefficient (Wildman–Crippen LogP) is 4.91. The lowest BCUT2D eigenvalue weighted by atomic mass is 9.75. The first-order chi connectivity index (χ1) is 14.8. The molecule has 164 valence electrons. The standard InChI is InChI=1S/C25H28O6/c1-12(2)14-9-8-13(3)10-17(14)30-25(28)20-21-23(29-18-11-19(26)31-24(18)21)16-7-5-4-6-15(16)22(20)27/h4-7,12-14,17-18,24,27H,8-11H2,1-3H3/t13-,14+,17-,18-,24+/m1/s1. The number of esters is 2. The lowest BCUT2D eigenvalue weighted by molar-refractivity contribution is -0.141. The summed E-state index contributed by atoms with van der Waals surface area (Å²) in [7, 11) is 0. The first-order valence-corrected chi connectivity index (χ1v) is 11.2. The molecule has 0 aromatic heterocycles. The van der Waals surface area contributed by atoms with Crippen molar-refractivity contribution in [1.82, 2.24) is 0 Å². The number of ether oxygens (including phenoxy) is 3. The Labute approximate surface area is 181 Å². The Bertz CT molecular complexity index is 1060. The molecule has 1 saturated heterocycles. The molecule has 0 bridgehead atoms. The number of phenolic OH excluding ortho intramolecular Hbond substituents is 1. The van der Waals surface area contributed by atoms with Gasteiger partial charge in [0.25, 0.3) is 0 Å². The molecule has 1 aliphatic carbocycles. The second-order valence-electron chi connectivity index (χ2n) is 9.55. The molecule has 2 aromatic carbocycles. The largest absolute Gasteiger partial charge is 0.506 e. The second kappa shape index (κ2) is 7.43. The average Bonchev–Trinajstić information content (AvgIpc) is 3.25. The molecule has 1 saturated carbocycles. The Morgan fingerprint density at radius 3 is 2.65 bits per heavy atom. The monoisotopic (exact) mass is 424 g/mol. The van der Waals surface area contributed by atoms with E-state index in [1.165, 1.54) is 0 Å². The third-order valence-corrected chi connectivity index (χ3v) is 7.12. The zero-order chi connectivity index (χ0) is 21.9. The Kier molecular flexibility index (Phi) is 4.83. The van der Waals surface area contributed by atoms with Crippen molar-refractivity contribution in [2.75, 3.05) is 0 Å². The molecule has 1 N–H and O–H groups in total. The quantitative estimate of drug-likeness (QED) is 0.705. The van der Waals surface area contributed by atoms with Crippen LogP contribution in [0.25, 0.3) is 10.8 Å². The van der Waals surface area contributed by atoms with Crippen LogP contribution in [0.5, 0.6) is 11.5 Å². The van der Waals surface area contributed by atoms with Crippen LogP contribution >= 0.6 is 0 Å². The first-order valence-electron chi connectivity index (χ1n) is 11.2. The van der Waals surface area contributed by atoms with Gasteiger partial charge in [-0.05, 0) is 30.6 Å². The number of aromatic hydroxyl groups is 1. The van der Waals surface area contributed by atoms with Crippen molar-refractivity contribution >= 4 is 22.7 Å². The van der Waals surface area contributed by atoms with E-state index >= 15 is 0 Å². The molecule has 5 rings (SSSR count). The molecular weight excluding hydrogens is 396 g/mol. The number of rotatable bonds is 3. The van der Waals surface area contributed by atoms with Gasteiger partial charge >= 0.3 is 11.9 Å². The molecule has 3 aliphatic rings. The van der Waals surface area contributed by atoms with Crippen molar-refractivity contribution in [2.24, 2.45) is 17.8 Å². The summed E-state index contributed by atoms with van der Waals surface area (Å²) in [5.74, 6) is 0.572. The van der Waals surface area contributed by atoms with Crippen molar-refractivity contribution in [2.45, 2.75) is 64.8 Å². The van der Waals surface area contributed by atoms with Gasteiger partial charge in [0.2, 0.25) is 0 Å². The molecule has 5 atom stereocenters. The maximum atomic E-state index is 13.5. The minimum Gasteiger partial charge on any atom is -0.506 e. The molecule has 2 heterocycles. The van der Waals surface area contributed by atoms with Gasteiger partial charge in [0.1, 0.15) is 23.2 Å². The molecule has 2 aromatic rings. The minimum absolute atomic E-state index is 0.0663. The molecule has 0 radical (unpaired) electrons. The van der Waals surface area contributed by atoms with Crippen LogP contribution in [-0.2, 0) is 14.3 Å². The van der Waals surface area contributed by atoms with Gasteiger partial charge < -0.3 is 19.3 Å². The molecule has 0 amide bonds. The van der Waals surface area contributed by atoms with Crippen LogP contribution in [0.15, 0.2) is 24.3 Å². The molecule has 2 aliphatic heterocycles. The van der Waals surface area contributed by atoms with Gasteiger partial charge in [-0.1, -0.05) is 51.5 Å². The summed E-state index contributed by atoms with van der Waals surface area (Å²) in [5.41, 5.74) is 0.499. The summed E-state index contributed by atoms with van der Waals surface area (Å²) in [4.78, 5) is 25.4. The van der Waals surface area contributed by atoms with E-state index in [0.717, 1.165) is 19.3 Å². The Hall–Kier alpha value is -2.76. The Morgan fingerprint density at radius 1 is 1.16 bits per heavy atom. The zero-order valence-electron chi connectivity index (χ0n) is 18.1. The van der Waals surface area contributed by atoms with Crippen molar-refractivity contribution in [3.63, 3.8) is 0 Å². The summed E-state index contributed by atoms with van der Waals surface area (Å²) >= 11 is 0. The van der Waals surface area contributed by atoms with E-state index in [1.807, 2.05) is 12.1 Å². The van der Waals surface area contributed by atoms with E-state index in [4.69, 9.17) is 14.2 Å². The van der Waals surface area contributed by atoms with Crippen LogP contribution in [0.2, 0.25) is 0 Å². The predicted molar refractivity (Wildman–Crippen MR) is 114 cm³/mol. The first kappa shape index (κ1) is 20.2. The van der Waals surface area contributed by atoms with E-state index in [9.17, 15) is 14.7 Å². The van der Waals surface area contributed by atoms with Gasteiger partial charge in [-0.15, -0.1) is 0 Å². The molecule has 6 heteroatoms. The number of phenols is 1. The van der Waals surface area contributed by atoms with Crippen molar-refractivity contribution in [1.29, 1.82) is 0 Å². The van der Waals surface area contributed by atoms with E-state index < -0.39 is 18.2 Å². The maximum Gasteiger partial charge on any atom is 0.342 e. The molecule has 31 heavy (non-hydrogen) atoms. The highest BCUT2D eigenvalue weighted by molar-refractivity contribution is 6.06. The van der Waals surface area contributed by atoms with E-state index in [-0.39, 0.29) is 35.7 Å². The van der Waals surface area contributed by atoms with Crippen LogP contribution in [0, 0.1) is 17.8 Å². The number of carbonyl (C=O) groups is 2. The molecule has 2 fully saturated rings. The van der Waals surface area contributed by atoms with Crippen LogP contribution < -0.4 is 4.74 Å². The molecular formula is C25H28O6. The molecule has 6 nitrogen and oxygen atoms in total. The SMILES string of the molecule is CC(C)[C@@H]1CC[C@@H](C)C[C@H]1OC(=O)c1c2c(c3ccccc3c1O)O[C@@H]1CC(=O)O[C@H]21. The van der Waals surface area contributed by atoms with E-state index in [2.05, 4.69) is 20.8 Å². The summed E-state index contributed by atoms with van der Waals surface area (Å²) < 4.78 is 17.6. The van der Waals surface area contributed by atoms with Gasteiger partial charge in [0.05, 0.1) is 12.0 Å². The summed E-state index contributed by atoms with van der Waals surface area (Å²) in [5, 5.41) is 12.4. The van der Waals surface area contributed by atoms with Gasteiger partial charge in [-0.25, -0.2) is 4.79 Å². The van der Waals surface area contributed by atoms with Crippen LogP contribution in [-0.4, -0.2) is 29.3 Å². The Morgan fingerprint density at radius 2 is 1.90 bits per heavy atom. The normalized spacial score (nSPS) is 29.4. The average molecular weight is 424 g/mol. The highest BCUT2D eigenvalue weighted by Gasteiger charge is 2.49. The highest BCUT2D eigenvalue weighted by atomic mass is 16.6. The third kappa shape index (κ3) is 3.24. The van der Waals surface area contributed by atoms with Crippen LogP contribution in [0.1, 0.15) is 68.5 Å². The lowest BCUT2D eigenvalue weighted by Gasteiger charge is -2.36. The lowest BCUT2D eigenvalue weighted by Crippen LogP contribution is -2.36. The zero-order valence-corrected chi connectivity index (χ0v) is 18.1. The van der Waals surface area contributed by atoms with Gasteiger partial charge in [-0.2, -0.15) is 0 Å². The topological polar surface area (TPSA) is 82.1 Å². The van der Waals surface area contributed by atoms with Gasteiger partial charge in [0, 0.05) is 10.8 Å². The smallest absolute Gasteiger partial charge is 0.342 e. The summed E-state index contributed by atoms with van der Waals surface area (Å²) in [6, 6.07) is 7.24. The van der Waals surface area contributed by atoms with Crippen molar-refractivity contribution in [3.8, 4) is 11.5 Å². The summed E-state index contributed by atoms with van der Waals surface area (Å²) in [6.45, 7) is 6.49. The fraction of sp³-hybridized carbons (Fsp3) is 0.520. The number of hydrogen-bond acceptors (Lipinski definition) is 6. The fourth-order valence-corrected chi connectivity index (χ4v) is 5.50. The number of hydrogen-bond donors (Lipinski definition) is 1. The van der Waals surface area contributed by atoms with E-state index in [0.29, 0.717) is 33.9 Å². The Balaban J connectivity index is 1.59. The van der Waals surface area contributed by atoms with E-state index in [1.54, 1.807) is 12.1 Å². The van der Waals surface area contributed by atoms with Gasteiger partial charge in [-0.3, -0.25) is 4.79 Å². The third-order valence-electron chi connectivity index (χ3n) is 7.12. The van der Waals surface area contributed by atoms with Gasteiger partial charge in [0.15, 0.2) is 12.2 Å². The second-order valence-corrected chi connectivity index (χ2v) is 9.55. The van der Waals surface area contributed by atoms with Crippen LogP contribution in [0.4, 0.5) is 0 Å². The number of benzene rings is 2. The molecule has 0 spiro atoms. The maximum absolute atomic E-state index is 13.5. The van der Waals surface area contributed by atoms with Crippen LogP contribution in [0.3, 0.4) is 0 Å². The minimum atomic E-state index is -0.702. The fourth-order valence-electron chi connectivity index (χ4n) is 5.50. The highest BCUT2D eigenvalue weighted by Crippen LogP contribution is 2.52. The number of carbonyl (C=O) groups excluding carboxylic acids is 2. The number of fused-ring (bicyclic) bond motifs is 5. The molecule has 0 unspecified atom stereocenters.